The van der Waals surface area contributed by atoms with Crippen LogP contribution in [0.5, 0.6) is 0 Å². The maximum absolute atomic E-state index is 12.9. The van der Waals surface area contributed by atoms with Gasteiger partial charge in [-0.3, -0.25) is 14.2 Å². The van der Waals surface area contributed by atoms with E-state index in [0.717, 1.165) is 39.0 Å². The van der Waals surface area contributed by atoms with E-state index in [0.29, 0.717) is 12.1 Å². The van der Waals surface area contributed by atoms with E-state index in [1.165, 1.54) is 29.5 Å². The van der Waals surface area contributed by atoms with Crippen molar-refractivity contribution in [3.05, 3.63) is 77.3 Å². The van der Waals surface area contributed by atoms with Gasteiger partial charge in [0.2, 0.25) is 5.91 Å². The number of carbonyl (C=O) groups is 2. The summed E-state index contributed by atoms with van der Waals surface area (Å²) in [6, 6.07) is 8.04. The summed E-state index contributed by atoms with van der Waals surface area (Å²) >= 11 is 2.42. The highest BCUT2D eigenvalue weighted by atomic mass is 32.1. The molecule has 0 saturated carbocycles. The Morgan fingerprint density at radius 3 is 2.52 bits per heavy atom. The molecule has 0 spiro atoms. The zero-order valence-corrected chi connectivity index (χ0v) is 19.0. The molecule has 0 atom stereocenters. The van der Waals surface area contributed by atoms with Crippen molar-refractivity contribution in [1.82, 2.24) is 9.88 Å². The highest BCUT2D eigenvalue weighted by Gasteiger charge is 2.29. The topological polar surface area (TPSA) is 77.4 Å². The second-order valence-electron chi connectivity index (χ2n) is 6.71. The number of amides is 1. The number of alkyl halides is 3. The number of thiazole rings is 1. The van der Waals surface area contributed by atoms with Gasteiger partial charge in [0.1, 0.15) is 11.2 Å². The maximum atomic E-state index is 12.9. The average molecular weight is 497 g/mol. The van der Waals surface area contributed by atoms with E-state index in [2.05, 4.69) is 5.32 Å². The summed E-state index contributed by atoms with van der Waals surface area (Å²) in [6.07, 6.45) is -1.94. The fourth-order valence-electron chi connectivity index (χ4n) is 2.80. The van der Waals surface area contributed by atoms with Crippen LogP contribution in [0.25, 0.3) is 12.2 Å². The number of hydrogen-bond donors (Lipinski definition) is 1. The smallest absolute Gasteiger partial charge is 0.416 e. The number of nitrogens with one attached hydrogen (secondary N) is 1. The molecular formula is C22H19F3N2O4S2. The molecule has 1 aromatic carbocycles. The molecule has 0 saturated heterocycles. The third kappa shape index (κ3) is 6.65. The van der Waals surface area contributed by atoms with Crippen molar-refractivity contribution >= 4 is 46.7 Å². The van der Waals surface area contributed by atoms with Crippen LogP contribution in [0, 0.1) is 0 Å². The molecule has 3 aromatic rings. The zero-order chi connectivity index (χ0) is 24.0. The number of thiophene rings is 1. The van der Waals surface area contributed by atoms with Gasteiger partial charge in [0.25, 0.3) is 5.56 Å². The van der Waals surface area contributed by atoms with E-state index in [-0.39, 0.29) is 22.3 Å². The van der Waals surface area contributed by atoms with Crippen molar-refractivity contribution in [2.24, 2.45) is 0 Å². The third-order valence-electron chi connectivity index (χ3n) is 4.34. The first-order valence-electron chi connectivity index (χ1n) is 9.73. The molecule has 1 N–H and O–H groups in total. The first-order valence-corrected chi connectivity index (χ1v) is 11.4. The van der Waals surface area contributed by atoms with Gasteiger partial charge in [0, 0.05) is 4.88 Å². The van der Waals surface area contributed by atoms with Crippen molar-refractivity contribution in [1.29, 1.82) is 0 Å². The van der Waals surface area contributed by atoms with Crippen LogP contribution < -0.4 is 20.1 Å². The largest absolute Gasteiger partial charge is 0.463 e. The molecule has 0 aliphatic heterocycles. The summed E-state index contributed by atoms with van der Waals surface area (Å²) in [5, 5.41) is 4.59. The number of benzene rings is 1. The summed E-state index contributed by atoms with van der Waals surface area (Å²) < 4.78 is 44.7. The number of ether oxygens (including phenoxy) is 1. The van der Waals surface area contributed by atoms with Crippen LogP contribution in [0.4, 0.5) is 13.2 Å². The molecule has 6 nitrogen and oxygen atoms in total. The molecule has 174 valence electrons. The van der Waals surface area contributed by atoms with Gasteiger partial charge < -0.3 is 10.1 Å². The van der Waals surface area contributed by atoms with Crippen molar-refractivity contribution in [3.63, 3.8) is 0 Å². The highest BCUT2D eigenvalue weighted by molar-refractivity contribution is 7.09. The van der Waals surface area contributed by atoms with E-state index in [1.807, 2.05) is 17.5 Å². The first kappa shape index (κ1) is 24.5. The minimum absolute atomic E-state index is 0.136. The molecule has 0 unspecified atom stereocenters. The Morgan fingerprint density at radius 1 is 1.18 bits per heavy atom. The lowest BCUT2D eigenvalue weighted by Gasteiger charge is -2.05. The predicted octanol–water partition coefficient (Wildman–Crippen LogP) is 2.48. The van der Waals surface area contributed by atoms with Gasteiger partial charge in [0.05, 0.1) is 29.3 Å². The van der Waals surface area contributed by atoms with Gasteiger partial charge in [-0.15, -0.1) is 22.7 Å². The normalized spacial score (nSPS) is 12.7. The van der Waals surface area contributed by atoms with Gasteiger partial charge >= 0.3 is 12.1 Å². The lowest BCUT2D eigenvalue weighted by molar-refractivity contribution is -0.137. The molecule has 2 heterocycles. The van der Waals surface area contributed by atoms with Crippen molar-refractivity contribution in [2.75, 3.05) is 6.61 Å². The van der Waals surface area contributed by atoms with Crippen molar-refractivity contribution in [3.8, 4) is 0 Å². The van der Waals surface area contributed by atoms with Crippen LogP contribution in [0.2, 0.25) is 0 Å². The molecule has 33 heavy (non-hydrogen) atoms. The predicted molar refractivity (Wildman–Crippen MR) is 120 cm³/mol. The minimum Gasteiger partial charge on any atom is -0.463 e. The number of aromatic nitrogens is 1. The maximum Gasteiger partial charge on any atom is 0.416 e. The molecule has 11 heteroatoms. The molecule has 2 aromatic heterocycles. The van der Waals surface area contributed by atoms with Crippen LogP contribution >= 0.6 is 22.7 Å². The van der Waals surface area contributed by atoms with Crippen LogP contribution in [-0.2, 0) is 33.6 Å². The van der Waals surface area contributed by atoms with E-state index >= 15 is 0 Å². The van der Waals surface area contributed by atoms with Gasteiger partial charge in [-0.05, 0) is 42.1 Å². The summed E-state index contributed by atoms with van der Waals surface area (Å²) in [5.74, 6) is -1.10. The fourth-order valence-corrected chi connectivity index (χ4v) is 4.47. The lowest BCUT2D eigenvalue weighted by atomic mass is 10.1. The zero-order valence-electron chi connectivity index (χ0n) is 17.3. The SMILES string of the molecule is CCOC(=O)C=c1sc(=Cc2ccc(C(F)(F)F)cc2)c(=O)n1CC(=O)NCc1cccs1. The summed E-state index contributed by atoms with van der Waals surface area (Å²) in [4.78, 5) is 38.2. The van der Waals surface area contributed by atoms with Gasteiger partial charge in [-0.25, -0.2) is 4.79 Å². The second kappa shape index (κ2) is 10.6. The quantitative estimate of drug-likeness (QED) is 0.510. The van der Waals surface area contributed by atoms with E-state index in [4.69, 9.17) is 4.74 Å². The third-order valence-corrected chi connectivity index (χ3v) is 6.28. The Labute approximate surface area is 194 Å². The summed E-state index contributed by atoms with van der Waals surface area (Å²) in [6.45, 7) is 1.75. The van der Waals surface area contributed by atoms with Crippen molar-refractivity contribution in [2.45, 2.75) is 26.2 Å². The molecule has 0 bridgehead atoms. The Balaban J connectivity index is 1.94. The number of carbonyl (C=O) groups excluding carboxylic acids is 2. The van der Waals surface area contributed by atoms with E-state index < -0.39 is 29.2 Å². The van der Waals surface area contributed by atoms with Crippen LogP contribution in [0.3, 0.4) is 0 Å². The molecule has 0 aliphatic carbocycles. The van der Waals surface area contributed by atoms with Gasteiger partial charge in [-0.2, -0.15) is 13.2 Å². The average Bonchev–Trinajstić information content (AvgIpc) is 3.37. The Bertz CT molecular complexity index is 1290. The number of hydrogen-bond acceptors (Lipinski definition) is 6. The van der Waals surface area contributed by atoms with Gasteiger partial charge in [-0.1, -0.05) is 18.2 Å². The molecular weight excluding hydrogens is 477 g/mol. The van der Waals surface area contributed by atoms with Gasteiger partial charge in [0.15, 0.2) is 0 Å². The monoisotopic (exact) mass is 496 g/mol. The molecule has 1 amide bonds. The minimum atomic E-state index is -4.47. The Morgan fingerprint density at radius 2 is 1.91 bits per heavy atom. The van der Waals surface area contributed by atoms with E-state index in [1.54, 1.807) is 6.92 Å². The number of esters is 1. The number of rotatable bonds is 7. The number of nitrogens with zero attached hydrogens (tertiary/aromatic N) is 1. The molecule has 0 aliphatic rings. The molecule has 3 rings (SSSR count). The number of halogens is 3. The summed E-state index contributed by atoms with van der Waals surface area (Å²) in [5.41, 5.74) is -0.970. The lowest BCUT2D eigenvalue weighted by Crippen LogP contribution is -2.38. The standard InChI is InChI=1S/C22H19F3N2O4S2/c1-2-31-20(29)11-19-27(13-18(28)26-12-16-4-3-9-32-16)21(30)17(33-19)10-14-5-7-15(8-6-14)22(23,24)25/h3-11H,2,12-13H2,1H3,(H,26,28). The fraction of sp³-hybridized carbons (Fsp3) is 0.227. The highest BCUT2D eigenvalue weighted by Crippen LogP contribution is 2.29. The Hall–Kier alpha value is -3.18. The van der Waals surface area contributed by atoms with Crippen LogP contribution in [0.15, 0.2) is 46.6 Å². The van der Waals surface area contributed by atoms with Crippen LogP contribution in [0.1, 0.15) is 22.9 Å². The van der Waals surface area contributed by atoms with Crippen LogP contribution in [-0.4, -0.2) is 23.1 Å². The Kier molecular flexibility index (Phi) is 7.88. The molecule has 0 fully saturated rings. The van der Waals surface area contributed by atoms with E-state index in [9.17, 15) is 27.6 Å². The second-order valence-corrected chi connectivity index (χ2v) is 8.81. The summed E-state index contributed by atoms with van der Waals surface area (Å²) in [7, 11) is 0. The first-order chi connectivity index (χ1) is 15.7. The van der Waals surface area contributed by atoms with Crippen molar-refractivity contribution < 1.29 is 27.5 Å². The molecule has 0 radical (unpaired) electrons.